The molecule has 32 heavy (non-hydrogen) atoms. The molecule has 0 spiro atoms. The van der Waals surface area contributed by atoms with Crippen LogP contribution < -0.4 is 5.32 Å². The molecule has 1 amide bonds. The van der Waals surface area contributed by atoms with Gasteiger partial charge in [0.2, 0.25) is 27.6 Å². The van der Waals surface area contributed by atoms with E-state index in [-0.39, 0.29) is 29.8 Å². The number of nitrogens with zero attached hydrogens (tertiary/aromatic N) is 3. The average Bonchev–Trinajstić information content (AvgIpc) is 3.27. The van der Waals surface area contributed by atoms with Crippen molar-refractivity contribution in [1.29, 1.82) is 0 Å². The number of rotatable bonds is 6. The Kier molecular flexibility index (Phi) is 6.80. The molecular formula is C21H20Cl2N4O4S. The first-order valence-corrected chi connectivity index (χ1v) is 12.1. The summed E-state index contributed by atoms with van der Waals surface area (Å²) in [5.74, 6) is -0.0784. The molecule has 1 fully saturated rings. The summed E-state index contributed by atoms with van der Waals surface area (Å²) in [6.07, 6.45) is 1.19. The van der Waals surface area contributed by atoms with Crippen LogP contribution in [0, 0.1) is 5.92 Å². The lowest BCUT2D eigenvalue weighted by molar-refractivity contribution is -0.126. The molecule has 0 aliphatic carbocycles. The molecule has 8 nitrogen and oxygen atoms in total. The summed E-state index contributed by atoms with van der Waals surface area (Å²) in [4.78, 5) is 17.1. The molecule has 1 aliphatic heterocycles. The van der Waals surface area contributed by atoms with Crippen LogP contribution >= 0.6 is 23.2 Å². The van der Waals surface area contributed by atoms with Crippen LogP contribution in [0.4, 0.5) is 0 Å². The van der Waals surface area contributed by atoms with Crippen LogP contribution in [0.1, 0.15) is 18.7 Å². The molecule has 3 aromatic rings. The zero-order valence-corrected chi connectivity index (χ0v) is 19.2. The zero-order valence-electron chi connectivity index (χ0n) is 16.9. The third-order valence-corrected chi connectivity index (χ3v) is 7.57. The van der Waals surface area contributed by atoms with Crippen LogP contribution in [-0.2, 0) is 21.4 Å². The Morgan fingerprint density at radius 2 is 1.75 bits per heavy atom. The number of hydrogen-bond donors (Lipinski definition) is 1. The van der Waals surface area contributed by atoms with Crippen molar-refractivity contribution in [2.45, 2.75) is 24.3 Å². The lowest BCUT2D eigenvalue weighted by Crippen LogP contribution is -2.45. The highest BCUT2D eigenvalue weighted by atomic mass is 35.5. The minimum Gasteiger partial charge on any atom is -0.347 e. The molecule has 1 aliphatic rings. The Morgan fingerprint density at radius 1 is 1.09 bits per heavy atom. The molecule has 0 saturated carbocycles. The number of carbonyl (C=O) groups is 1. The average molecular weight is 495 g/mol. The van der Waals surface area contributed by atoms with Gasteiger partial charge in [-0.2, -0.15) is 9.29 Å². The van der Waals surface area contributed by atoms with Gasteiger partial charge in [-0.25, -0.2) is 8.42 Å². The van der Waals surface area contributed by atoms with E-state index in [2.05, 4.69) is 15.5 Å². The van der Waals surface area contributed by atoms with E-state index in [1.54, 1.807) is 24.3 Å². The standard InChI is InChI=1S/C21H20Cl2N4O4S/c22-16-5-3-14(4-6-16)20-25-19(31-26-20)12-24-21(28)15-2-1-11-27(13-15)32(29,30)18-9-7-17(23)8-10-18/h3-10,15H,1-2,11-13H2,(H,24,28)/t15-/m1/s1. The van der Waals surface area contributed by atoms with E-state index >= 15 is 0 Å². The maximum atomic E-state index is 12.9. The summed E-state index contributed by atoms with van der Waals surface area (Å²) in [6.45, 7) is 0.527. The predicted octanol–water partition coefficient (Wildman–Crippen LogP) is 3.76. The zero-order chi connectivity index (χ0) is 22.7. The van der Waals surface area contributed by atoms with Crippen molar-refractivity contribution in [3.63, 3.8) is 0 Å². The fourth-order valence-electron chi connectivity index (χ4n) is 3.48. The molecule has 4 rings (SSSR count). The van der Waals surface area contributed by atoms with E-state index in [4.69, 9.17) is 27.7 Å². The second-order valence-electron chi connectivity index (χ2n) is 7.39. The number of amides is 1. The first kappa shape index (κ1) is 22.7. The summed E-state index contributed by atoms with van der Waals surface area (Å²) in [5.41, 5.74) is 0.742. The highest BCUT2D eigenvalue weighted by Gasteiger charge is 2.33. The summed E-state index contributed by atoms with van der Waals surface area (Å²) >= 11 is 11.7. The van der Waals surface area contributed by atoms with E-state index < -0.39 is 15.9 Å². The van der Waals surface area contributed by atoms with Gasteiger partial charge in [0.25, 0.3) is 0 Å². The molecule has 168 valence electrons. The van der Waals surface area contributed by atoms with Crippen molar-refractivity contribution in [3.8, 4) is 11.4 Å². The fourth-order valence-corrected chi connectivity index (χ4v) is 5.26. The number of carbonyl (C=O) groups excluding carboxylic acids is 1. The highest BCUT2D eigenvalue weighted by molar-refractivity contribution is 7.89. The minimum atomic E-state index is -3.70. The molecule has 0 unspecified atom stereocenters. The van der Waals surface area contributed by atoms with E-state index in [0.717, 1.165) is 5.56 Å². The topological polar surface area (TPSA) is 105 Å². The first-order valence-electron chi connectivity index (χ1n) is 9.95. The van der Waals surface area contributed by atoms with Gasteiger partial charge in [-0.3, -0.25) is 4.79 Å². The SMILES string of the molecule is O=C(NCc1nc(-c2ccc(Cl)cc2)no1)[C@@H]1CCCN(S(=O)(=O)c2ccc(Cl)cc2)C1. The molecule has 1 atom stereocenters. The van der Waals surface area contributed by atoms with Crippen LogP contribution in [-0.4, -0.2) is 41.9 Å². The second kappa shape index (κ2) is 9.58. The van der Waals surface area contributed by atoms with Crippen LogP contribution in [0.5, 0.6) is 0 Å². The van der Waals surface area contributed by atoms with Gasteiger partial charge in [0.05, 0.1) is 17.4 Å². The molecule has 1 saturated heterocycles. The number of nitrogens with one attached hydrogen (secondary N) is 1. The van der Waals surface area contributed by atoms with Crippen LogP contribution in [0.3, 0.4) is 0 Å². The number of halogens is 2. The van der Waals surface area contributed by atoms with Crippen LogP contribution in [0.25, 0.3) is 11.4 Å². The fraction of sp³-hybridized carbons (Fsp3) is 0.286. The Morgan fingerprint density at radius 3 is 2.44 bits per heavy atom. The number of sulfonamides is 1. The van der Waals surface area contributed by atoms with Gasteiger partial charge in [-0.05, 0) is 61.4 Å². The minimum absolute atomic E-state index is 0.0554. The van der Waals surface area contributed by atoms with Gasteiger partial charge in [0, 0.05) is 28.7 Å². The third-order valence-electron chi connectivity index (χ3n) is 5.19. The first-order chi connectivity index (χ1) is 15.3. The Balaban J connectivity index is 1.36. The Labute approximate surface area is 195 Å². The van der Waals surface area contributed by atoms with Gasteiger partial charge in [0.1, 0.15) is 0 Å². The number of piperidine rings is 1. The summed E-state index contributed by atoms with van der Waals surface area (Å²) in [5, 5.41) is 7.74. The summed E-state index contributed by atoms with van der Waals surface area (Å²) in [7, 11) is -3.70. The normalized spacial score (nSPS) is 17.2. The van der Waals surface area contributed by atoms with Crippen LogP contribution in [0.15, 0.2) is 57.9 Å². The maximum absolute atomic E-state index is 12.9. The molecule has 0 radical (unpaired) electrons. The third kappa shape index (κ3) is 5.12. The number of hydrogen-bond acceptors (Lipinski definition) is 6. The van der Waals surface area contributed by atoms with Gasteiger partial charge >= 0.3 is 0 Å². The van der Waals surface area contributed by atoms with Gasteiger partial charge in [-0.1, -0.05) is 28.4 Å². The smallest absolute Gasteiger partial charge is 0.246 e. The number of benzene rings is 2. The van der Waals surface area contributed by atoms with Crippen molar-refractivity contribution in [2.75, 3.05) is 13.1 Å². The molecule has 0 bridgehead atoms. The second-order valence-corrected chi connectivity index (χ2v) is 10.2. The molecule has 1 aromatic heterocycles. The lowest BCUT2D eigenvalue weighted by Gasteiger charge is -2.31. The van der Waals surface area contributed by atoms with Crippen molar-refractivity contribution < 1.29 is 17.7 Å². The molecule has 1 N–H and O–H groups in total. The largest absolute Gasteiger partial charge is 0.347 e. The van der Waals surface area contributed by atoms with Gasteiger partial charge < -0.3 is 9.84 Å². The van der Waals surface area contributed by atoms with E-state index in [0.29, 0.717) is 35.3 Å². The maximum Gasteiger partial charge on any atom is 0.246 e. The monoisotopic (exact) mass is 494 g/mol. The quantitative estimate of drug-likeness (QED) is 0.559. The van der Waals surface area contributed by atoms with Crippen molar-refractivity contribution in [3.05, 3.63) is 64.5 Å². The Bertz CT molecular complexity index is 1200. The van der Waals surface area contributed by atoms with Crippen molar-refractivity contribution in [2.24, 2.45) is 5.92 Å². The van der Waals surface area contributed by atoms with E-state index in [1.165, 1.54) is 28.6 Å². The molecular weight excluding hydrogens is 475 g/mol. The molecule has 2 aromatic carbocycles. The van der Waals surface area contributed by atoms with E-state index in [9.17, 15) is 13.2 Å². The van der Waals surface area contributed by atoms with Crippen molar-refractivity contribution in [1.82, 2.24) is 19.8 Å². The highest BCUT2D eigenvalue weighted by Crippen LogP contribution is 2.25. The van der Waals surface area contributed by atoms with Gasteiger partial charge in [0.15, 0.2) is 0 Å². The lowest BCUT2D eigenvalue weighted by atomic mass is 9.99. The summed E-state index contributed by atoms with van der Waals surface area (Å²) < 4.78 is 32.4. The van der Waals surface area contributed by atoms with Crippen molar-refractivity contribution >= 4 is 39.1 Å². The van der Waals surface area contributed by atoms with Gasteiger partial charge in [-0.15, -0.1) is 0 Å². The molecule has 2 heterocycles. The molecule has 11 heteroatoms. The van der Waals surface area contributed by atoms with E-state index in [1.807, 2.05) is 0 Å². The Hall–Kier alpha value is -2.46. The number of aromatic nitrogens is 2. The van der Waals surface area contributed by atoms with Crippen LogP contribution in [0.2, 0.25) is 10.0 Å². The predicted molar refractivity (Wildman–Crippen MR) is 120 cm³/mol. The summed E-state index contributed by atoms with van der Waals surface area (Å²) in [6, 6.07) is 13.0.